The summed E-state index contributed by atoms with van der Waals surface area (Å²) in [7, 11) is 0. The van der Waals surface area contributed by atoms with Crippen LogP contribution < -0.4 is 10.1 Å². The number of rotatable bonds is 4. The van der Waals surface area contributed by atoms with Gasteiger partial charge in [-0.1, -0.05) is 23.7 Å². The third kappa shape index (κ3) is 3.15. The number of carbonyl (C=O) groups is 2. The molecule has 2 atom stereocenters. The number of nitrogens with one attached hydrogen (secondary N) is 1. The second kappa shape index (κ2) is 6.79. The topological polar surface area (TPSA) is 58.6 Å². The number of nitrogens with zero attached hydrogens (tertiary/aromatic N) is 1. The van der Waals surface area contributed by atoms with E-state index in [1.807, 2.05) is 24.0 Å². The molecule has 5 nitrogen and oxygen atoms in total. The number of ether oxygens (including phenoxy) is 1. The average Bonchev–Trinajstić information content (AvgIpc) is 2.92. The molecular weight excluding hydrogens is 316 g/mol. The van der Waals surface area contributed by atoms with Gasteiger partial charge in [-0.25, -0.2) is 0 Å². The molecular formula is C17H21ClN2O3. The van der Waals surface area contributed by atoms with E-state index in [-0.39, 0.29) is 30.2 Å². The lowest BCUT2D eigenvalue weighted by Gasteiger charge is -2.36. The first kappa shape index (κ1) is 16.1. The summed E-state index contributed by atoms with van der Waals surface area (Å²) in [6.45, 7) is 3.65. The number of amides is 2. The van der Waals surface area contributed by atoms with Crippen molar-refractivity contribution >= 4 is 23.4 Å². The molecule has 3 rings (SSSR count). The van der Waals surface area contributed by atoms with E-state index in [0.717, 1.165) is 18.4 Å². The number of hydrogen-bond acceptors (Lipinski definition) is 3. The van der Waals surface area contributed by atoms with Gasteiger partial charge in [-0.3, -0.25) is 9.59 Å². The number of hydrogen-bond donors (Lipinski definition) is 1. The molecule has 0 unspecified atom stereocenters. The Morgan fingerprint density at radius 1 is 1.48 bits per heavy atom. The second-order valence-electron chi connectivity index (χ2n) is 5.99. The van der Waals surface area contributed by atoms with E-state index >= 15 is 0 Å². The zero-order valence-electron chi connectivity index (χ0n) is 13.2. The molecule has 1 N–H and O–H groups in total. The minimum atomic E-state index is -0.0570. The molecule has 1 aromatic rings. The number of halogens is 1. The number of piperidine rings is 1. The van der Waals surface area contributed by atoms with E-state index in [1.54, 1.807) is 6.07 Å². The fraction of sp³-hybridized carbons (Fsp3) is 0.529. The molecule has 2 heterocycles. The van der Waals surface area contributed by atoms with Crippen LogP contribution >= 0.6 is 11.6 Å². The van der Waals surface area contributed by atoms with Gasteiger partial charge >= 0.3 is 0 Å². The van der Waals surface area contributed by atoms with Gasteiger partial charge in [-0.05, 0) is 25.8 Å². The van der Waals surface area contributed by atoms with Crippen LogP contribution in [-0.2, 0) is 16.0 Å². The van der Waals surface area contributed by atoms with Crippen LogP contribution in [0.4, 0.5) is 0 Å². The summed E-state index contributed by atoms with van der Waals surface area (Å²) in [4.78, 5) is 26.5. The molecule has 124 valence electrons. The molecule has 0 aromatic heterocycles. The summed E-state index contributed by atoms with van der Waals surface area (Å²) in [5.41, 5.74) is 0.795. The number of fused-ring (bicyclic) bond motifs is 1. The lowest BCUT2D eigenvalue weighted by atomic mass is 9.91. The number of para-hydroxylation sites is 1. The highest BCUT2D eigenvalue weighted by atomic mass is 35.5. The van der Waals surface area contributed by atoms with Gasteiger partial charge in [0.25, 0.3) is 0 Å². The van der Waals surface area contributed by atoms with Crippen molar-refractivity contribution < 1.29 is 14.3 Å². The highest BCUT2D eigenvalue weighted by molar-refractivity contribution is 6.32. The largest absolute Gasteiger partial charge is 0.492 e. The van der Waals surface area contributed by atoms with E-state index in [1.165, 1.54) is 0 Å². The summed E-state index contributed by atoms with van der Waals surface area (Å²) in [6, 6.07) is 5.44. The van der Waals surface area contributed by atoms with Crippen molar-refractivity contribution in [1.82, 2.24) is 10.2 Å². The van der Waals surface area contributed by atoms with E-state index in [0.29, 0.717) is 30.5 Å². The Balaban J connectivity index is 1.77. The Labute approximate surface area is 140 Å². The standard InChI is InChI=1S/C17H21ClN2O3/c1-2-23-16-11(5-3-7-13(16)18)9-15(21)20-8-4-6-12-14(20)10-19-17(12)22/h3,5,7,12,14H,2,4,6,8-10H2,1H3,(H,19,22)/t12-,14-/m1/s1. The molecule has 0 saturated carbocycles. The maximum atomic E-state index is 12.8. The SMILES string of the molecule is CCOc1c(Cl)cccc1CC(=O)N1CCC[C@H]2C(=O)NC[C@H]21. The van der Waals surface area contributed by atoms with E-state index < -0.39 is 0 Å². The highest BCUT2D eigenvalue weighted by Crippen LogP contribution is 2.31. The first-order chi connectivity index (χ1) is 11.1. The van der Waals surface area contributed by atoms with Gasteiger partial charge in [0.2, 0.25) is 11.8 Å². The Kier molecular flexibility index (Phi) is 4.76. The first-order valence-corrected chi connectivity index (χ1v) is 8.47. The van der Waals surface area contributed by atoms with Gasteiger partial charge < -0.3 is 15.0 Å². The first-order valence-electron chi connectivity index (χ1n) is 8.09. The quantitative estimate of drug-likeness (QED) is 0.915. The Morgan fingerprint density at radius 3 is 3.09 bits per heavy atom. The minimum Gasteiger partial charge on any atom is -0.492 e. The van der Waals surface area contributed by atoms with Crippen LogP contribution in [0.25, 0.3) is 0 Å². The Morgan fingerprint density at radius 2 is 2.30 bits per heavy atom. The molecule has 1 aromatic carbocycles. The van der Waals surface area contributed by atoms with Crippen LogP contribution in [0, 0.1) is 5.92 Å². The fourth-order valence-electron chi connectivity index (χ4n) is 3.52. The smallest absolute Gasteiger partial charge is 0.227 e. The molecule has 0 bridgehead atoms. The lowest BCUT2D eigenvalue weighted by Crippen LogP contribution is -2.49. The predicted molar refractivity (Wildman–Crippen MR) is 87.6 cm³/mol. The van der Waals surface area contributed by atoms with Gasteiger partial charge in [0, 0.05) is 18.7 Å². The van der Waals surface area contributed by atoms with Gasteiger partial charge in [0.1, 0.15) is 5.75 Å². The van der Waals surface area contributed by atoms with Crippen LogP contribution in [0.1, 0.15) is 25.3 Å². The zero-order chi connectivity index (χ0) is 16.4. The van der Waals surface area contributed by atoms with Crippen molar-refractivity contribution in [2.75, 3.05) is 19.7 Å². The van der Waals surface area contributed by atoms with Gasteiger partial charge in [0.05, 0.1) is 30.0 Å². The Hall–Kier alpha value is -1.75. The highest BCUT2D eigenvalue weighted by Gasteiger charge is 2.42. The second-order valence-corrected chi connectivity index (χ2v) is 6.39. The van der Waals surface area contributed by atoms with Gasteiger partial charge in [0.15, 0.2) is 0 Å². The van der Waals surface area contributed by atoms with E-state index in [4.69, 9.17) is 16.3 Å². The molecule has 0 radical (unpaired) electrons. The summed E-state index contributed by atoms with van der Waals surface area (Å²) in [6.07, 6.45) is 1.98. The van der Waals surface area contributed by atoms with Crippen molar-refractivity contribution in [2.24, 2.45) is 5.92 Å². The third-order valence-corrected chi connectivity index (χ3v) is 4.90. The maximum Gasteiger partial charge on any atom is 0.227 e. The molecule has 2 saturated heterocycles. The average molecular weight is 337 g/mol. The van der Waals surface area contributed by atoms with Crippen molar-refractivity contribution in [3.63, 3.8) is 0 Å². The van der Waals surface area contributed by atoms with Crippen molar-refractivity contribution in [3.05, 3.63) is 28.8 Å². The van der Waals surface area contributed by atoms with Crippen LogP contribution in [0.15, 0.2) is 18.2 Å². The number of carbonyl (C=O) groups excluding carboxylic acids is 2. The van der Waals surface area contributed by atoms with Crippen LogP contribution in [0.3, 0.4) is 0 Å². The van der Waals surface area contributed by atoms with Crippen LogP contribution in [0.2, 0.25) is 5.02 Å². The third-order valence-electron chi connectivity index (χ3n) is 4.60. The zero-order valence-corrected chi connectivity index (χ0v) is 13.9. The van der Waals surface area contributed by atoms with Gasteiger partial charge in [-0.2, -0.15) is 0 Å². The summed E-state index contributed by atoms with van der Waals surface area (Å²) in [5.74, 6) is 0.627. The van der Waals surface area contributed by atoms with E-state index in [2.05, 4.69) is 5.32 Å². The predicted octanol–water partition coefficient (Wildman–Crippen LogP) is 2.02. The molecule has 2 aliphatic heterocycles. The van der Waals surface area contributed by atoms with Crippen molar-refractivity contribution in [1.29, 1.82) is 0 Å². The van der Waals surface area contributed by atoms with Crippen molar-refractivity contribution in [3.8, 4) is 5.75 Å². The van der Waals surface area contributed by atoms with Gasteiger partial charge in [-0.15, -0.1) is 0 Å². The lowest BCUT2D eigenvalue weighted by molar-refractivity contribution is -0.136. The minimum absolute atomic E-state index is 0.0153. The molecule has 0 spiro atoms. The number of likely N-dealkylation sites (tertiary alicyclic amines) is 1. The monoisotopic (exact) mass is 336 g/mol. The molecule has 2 fully saturated rings. The molecule has 6 heteroatoms. The van der Waals surface area contributed by atoms with Crippen molar-refractivity contribution in [2.45, 2.75) is 32.2 Å². The molecule has 2 amide bonds. The maximum absolute atomic E-state index is 12.8. The summed E-state index contributed by atoms with van der Waals surface area (Å²) >= 11 is 6.18. The van der Waals surface area contributed by atoms with Crippen LogP contribution in [0.5, 0.6) is 5.75 Å². The molecule has 0 aliphatic carbocycles. The van der Waals surface area contributed by atoms with E-state index in [9.17, 15) is 9.59 Å². The van der Waals surface area contributed by atoms with Crippen LogP contribution in [-0.4, -0.2) is 42.5 Å². The fourth-order valence-corrected chi connectivity index (χ4v) is 3.77. The number of benzene rings is 1. The summed E-state index contributed by atoms with van der Waals surface area (Å²) < 4.78 is 5.59. The summed E-state index contributed by atoms with van der Waals surface area (Å²) in [5, 5.41) is 3.39. The molecule has 23 heavy (non-hydrogen) atoms. The Bertz CT molecular complexity index is 620. The normalized spacial score (nSPS) is 23.4. The molecule has 2 aliphatic rings.